The molecule has 0 spiro atoms. The van der Waals surface area contributed by atoms with E-state index in [1.165, 1.54) is 0 Å². The van der Waals surface area contributed by atoms with E-state index in [0.29, 0.717) is 17.2 Å². The van der Waals surface area contributed by atoms with Crippen molar-refractivity contribution in [1.82, 2.24) is 0 Å². The number of nitrogens with one attached hydrogen (secondary N) is 1. The molecule has 1 aliphatic carbocycles. The number of nitrogens with two attached hydrogens (primary N) is 1. The SMILES string of the molecule is NC(=S)C1(C(=O)Nc2ccc3c(c2)OCO3)CC1. The van der Waals surface area contributed by atoms with E-state index >= 15 is 0 Å². The van der Waals surface area contributed by atoms with Gasteiger partial charge in [0.05, 0.1) is 10.4 Å². The van der Waals surface area contributed by atoms with Crippen LogP contribution in [0.5, 0.6) is 11.5 Å². The predicted molar refractivity (Wildman–Crippen MR) is 69.6 cm³/mol. The first-order valence-corrected chi connectivity index (χ1v) is 6.04. The monoisotopic (exact) mass is 264 g/mol. The smallest absolute Gasteiger partial charge is 0.237 e. The maximum Gasteiger partial charge on any atom is 0.237 e. The van der Waals surface area contributed by atoms with Crippen molar-refractivity contribution in [3.63, 3.8) is 0 Å². The molecule has 18 heavy (non-hydrogen) atoms. The predicted octanol–water partition coefficient (Wildman–Crippen LogP) is 1.42. The Morgan fingerprint density at radius 1 is 1.33 bits per heavy atom. The minimum absolute atomic E-state index is 0.145. The number of benzene rings is 1. The summed E-state index contributed by atoms with van der Waals surface area (Å²) in [5.41, 5.74) is 5.62. The molecule has 3 N–H and O–H groups in total. The Labute approximate surface area is 109 Å². The van der Waals surface area contributed by atoms with Gasteiger partial charge in [0, 0.05) is 11.8 Å². The van der Waals surface area contributed by atoms with Crippen LogP contribution in [-0.2, 0) is 4.79 Å². The normalized spacial score (nSPS) is 18.2. The first kappa shape index (κ1) is 11.3. The van der Waals surface area contributed by atoms with Gasteiger partial charge in [0.1, 0.15) is 0 Å². The van der Waals surface area contributed by atoms with Gasteiger partial charge in [0.25, 0.3) is 0 Å². The van der Waals surface area contributed by atoms with Gasteiger partial charge in [0.2, 0.25) is 12.7 Å². The van der Waals surface area contributed by atoms with Crippen molar-refractivity contribution in [2.75, 3.05) is 12.1 Å². The molecular weight excluding hydrogens is 252 g/mol. The fourth-order valence-corrected chi connectivity index (χ4v) is 2.23. The molecule has 6 heteroatoms. The summed E-state index contributed by atoms with van der Waals surface area (Å²) in [6.45, 7) is 0.212. The second-order valence-corrected chi connectivity index (χ2v) is 4.91. The fourth-order valence-electron chi connectivity index (χ4n) is 1.94. The van der Waals surface area contributed by atoms with Gasteiger partial charge in [-0.25, -0.2) is 0 Å². The van der Waals surface area contributed by atoms with E-state index in [1.807, 2.05) is 0 Å². The van der Waals surface area contributed by atoms with Crippen LogP contribution in [0.15, 0.2) is 18.2 Å². The maximum absolute atomic E-state index is 12.1. The number of anilines is 1. The molecule has 3 rings (SSSR count). The molecule has 0 unspecified atom stereocenters. The number of carbonyl (C=O) groups is 1. The van der Waals surface area contributed by atoms with E-state index < -0.39 is 5.41 Å². The Balaban J connectivity index is 1.77. The number of ether oxygens (including phenoxy) is 2. The minimum atomic E-state index is -0.647. The zero-order valence-electron chi connectivity index (χ0n) is 9.56. The fraction of sp³-hybridized carbons (Fsp3) is 0.333. The summed E-state index contributed by atoms with van der Waals surface area (Å²) < 4.78 is 10.4. The molecule has 1 saturated carbocycles. The summed E-state index contributed by atoms with van der Waals surface area (Å²) >= 11 is 4.94. The van der Waals surface area contributed by atoms with E-state index in [4.69, 9.17) is 27.4 Å². The minimum Gasteiger partial charge on any atom is -0.454 e. The van der Waals surface area contributed by atoms with Crippen molar-refractivity contribution >= 4 is 28.8 Å². The number of amides is 1. The number of hydrogen-bond acceptors (Lipinski definition) is 4. The quantitative estimate of drug-likeness (QED) is 0.808. The molecule has 0 bridgehead atoms. The van der Waals surface area contributed by atoms with Crippen LogP contribution in [-0.4, -0.2) is 17.7 Å². The number of fused-ring (bicyclic) bond motifs is 1. The van der Waals surface area contributed by atoms with Crippen LogP contribution < -0.4 is 20.5 Å². The molecule has 1 amide bonds. The molecule has 1 aliphatic heterocycles. The first-order valence-electron chi connectivity index (χ1n) is 5.63. The molecule has 5 nitrogen and oxygen atoms in total. The summed E-state index contributed by atoms with van der Waals surface area (Å²) in [7, 11) is 0. The number of carbonyl (C=O) groups excluding carboxylic acids is 1. The topological polar surface area (TPSA) is 73.6 Å². The molecule has 0 aromatic heterocycles. The third kappa shape index (κ3) is 1.69. The molecule has 0 atom stereocenters. The lowest BCUT2D eigenvalue weighted by Crippen LogP contribution is -2.34. The third-order valence-corrected chi connectivity index (χ3v) is 3.68. The van der Waals surface area contributed by atoms with E-state index in [9.17, 15) is 4.79 Å². The van der Waals surface area contributed by atoms with Crippen LogP contribution >= 0.6 is 12.2 Å². The van der Waals surface area contributed by atoms with Crippen LogP contribution in [0.1, 0.15) is 12.8 Å². The van der Waals surface area contributed by atoms with Gasteiger partial charge in [-0.05, 0) is 25.0 Å². The molecule has 1 aromatic carbocycles. The molecule has 1 aromatic rings. The molecule has 0 saturated heterocycles. The number of thiocarbonyl (C=S) groups is 1. The second kappa shape index (κ2) is 3.84. The first-order chi connectivity index (χ1) is 8.62. The molecule has 2 aliphatic rings. The standard InChI is InChI=1S/C12H12N2O3S/c13-10(18)12(3-4-12)11(15)14-7-1-2-8-9(5-7)17-6-16-8/h1-2,5H,3-4,6H2,(H2,13,18)(H,14,15). The Morgan fingerprint density at radius 3 is 2.72 bits per heavy atom. The van der Waals surface area contributed by atoms with Crippen LogP contribution in [0.25, 0.3) is 0 Å². The summed E-state index contributed by atoms with van der Waals surface area (Å²) in [4.78, 5) is 12.4. The molecule has 94 valence electrons. The highest BCUT2D eigenvalue weighted by Gasteiger charge is 2.52. The van der Waals surface area contributed by atoms with Gasteiger partial charge in [0.15, 0.2) is 11.5 Å². The number of rotatable bonds is 3. The highest BCUT2D eigenvalue weighted by atomic mass is 32.1. The van der Waals surface area contributed by atoms with Gasteiger partial charge < -0.3 is 20.5 Å². The zero-order chi connectivity index (χ0) is 12.8. The number of hydrogen-bond donors (Lipinski definition) is 2. The lowest BCUT2D eigenvalue weighted by molar-refractivity contribution is -0.118. The van der Waals surface area contributed by atoms with Crippen LogP contribution in [0, 0.1) is 5.41 Å². The van der Waals surface area contributed by atoms with Gasteiger partial charge in [-0.1, -0.05) is 12.2 Å². The Kier molecular flexibility index (Phi) is 2.41. The maximum atomic E-state index is 12.1. The van der Waals surface area contributed by atoms with Crippen molar-refractivity contribution in [2.24, 2.45) is 11.1 Å². The molecule has 1 heterocycles. The Morgan fingerprint density at radius 2 is 2.06 bits per heavy atom. The Hall–Kier alpha value is -1.82. The molecule has 1 fully saturated rings. The lowest BCUT2D eigenvalue weighted by atomic mass is 10.1. The van der Waals surface area contributed by atoms with E-state index in [-0.39, 0.29) is 17.7 Å². The van der Waals surface area contributed by atoms with Crippen molar-refractivity contribution in [3.8, 4) is 11.5 Å². The van der Waals surface area contributed by atoms with Crippen molar-refractivity contribution < 1.29 is 14.3 Å². The second-order valence-electron chi connectivity index (χ2n) is 4.47. The summed E-state index contributed by atoms with van der Waals surface area (Å²) in [6.07, 6.45) is 1.44. The molecule has 0 radical (unpaired) electrons. The third-order valence-electron chi connectivity index (χ3n) is 3.29. The average molecular weight is 264 g/mol. The van der Waals surface area contributed by atoms with Crippen LogP contribution in [0.2, 0.25) is 0 Å². The zero-order valence-corrected chi connectivity index (χ0v) is 10.4. The summed E-state index contributed by atoms with van der Waals surface area (Å²) in [5.74, 6) is 1.17. The van der Waals surface area contributed by atoms with Gasteiger partial charge in [-0.3, -0.25) is 4.79 Å². The highest BCUT2D eigenvalue weighted by Crippen LogP contribution is 2.47. The van der Waals surface area contributed by atoms with Crippen molar-refractivity contribution in [1.29, 1.82) is 0 Å². The van der Waals surface area contributed by atoms with Crippen molar-refractivity contribution in [2.45, 2.75) is 12.8 Å². The van der Waals surface area contributed by atoms with Gasteiger partial charge in [-0.15, -0.1) is 0 Å². The van der Waals surface area contributed by atoms with Crippen LogP contribution in [0.4, 0.5) is 5.69 Å². The highest BCUT2D eigenvalue weighted by molar-refractivity contribution is 7.80. The average Bonchev–Trinajstić information content (AvgIpc) is 3.03. The molecular formula is C12H12N2O3S. The van der Waals surface area contributed by atoms with E-state index in [0.717, 1.165) is 12.8 Å². The van der Waals surface area contributed by atoms with Crippen LogP contribution in [0.3, 0.4) is 0 Å². The summed E-state index contributed by atoms with van der Waals surface area (Å²) in [6, 6.07) is 5.26. The summed E-state index contributed by atoms with van der Waals surface area (Å²) in [5, 5.41) is 2.81. The van der Waals surface area contributed by atoms with Gasteiger partial charge in [-0.2, -0.15) is 0 Å². The van der Waals surface area contributed by atoms with Crippen molar-refractivity contribution in [3.05, 3.63) is 18.2 Å². The largest absolute Gasteiger partial charge is 0.454 e. The lowest BCUT2D eigenvalue weighted by Gasteiger charge is -2.13. The van der Waals surface area contributed by atoms with E-state index in [2.05, 4.69) is 5.32 Å². The Bertz CT molecular complexity index is 540. The van der Waals surface area contributed by atoms with E-state index in [1.54, 1.807) is 18.2 Å². The van der Waals surface area contributed by atoms with Gasteiger partial charge >= 0.3 is 0 Å².